The molecule has 210 valence electrons. The van der Waals surface area contributed by atoms with Gasteiger partial charge in [-0.3, -0.25) is 4.79 Å². The summed E-state index contributed by atoms with van der Waals surface area (Å²) < 4.78 is 17.9. The Morgan fingerprint density at radius 2 is 1.92 bits per heavy atom. The Balaban J connectivity index is 1.72. The minimum Gasteiger partial charge on any atom is -0.382 e. The van der Waals surface area contributed by atoms with Crippen molar-refractivity contribution in [3.05, 3.63) is 53.1 Å². The number of aromatic amines is 1. The van der Waals surface area contributed by atoms with Gasteiger partial charge in [-0.15, -0.1) is 0 Å². The van der Waals surface area contributed by atoms with Gasteiger partial charge in [0.2, 0.25) is 0 Å². The zero-order valence-corrected chi connectivity index (χ0v) is 23.8. The van der Waals surface area contributed by atoms with Crippen LogP contribution in [0.2, 0.25) is 0 Å². The molecular formula is C31H42N4O4. The van der Waals surface area contributed by atoms with Crippen molar-refractivity contribution in [1.82, 2.24) is 9.97 Å². The van der Waals surface area contributed by atoms with Gasteiger partial charge in [0.1, 0.15) is 6.07 Å². The molecule has 3 atom stereocenters. The van der Waals surface area contributed by atoms with E-state index in [1.165, 1.54) is 17.3 Å². The number of anilines is 1. The van der Waals surface area contributed by atoms with Gasteiger partial charge in [-0.25, -0.2) is 4.98 Å². The number of amides is 1. The number of hydrogen-bond acceptors (Lipinski definition) is 6. The zero-order valence-electron chi connectivity index (χ0n) is 23.8. The summed E-state index contributed by atoms with van der Waals surface area (Å²) >= 11 is 0. The van der Waals surface area contributed by atoms with Crippen molar-refractivity contribution in [2.75, 3.05) is 32.8 Å². The van der Waals surface area contributed by atoms with Crippen molar-refractivity contribution in [2.45, 2.75) is 88.8 Å². The molecule has 2 bridgehead atoms. The normalized spacial score (nSPS) is 24.5. The Labute approximate surface area is 232 Å². The number of benzene rings is 1. The highest BCUT2D eigenvalue weighted by atomic mass is 16.6. The number of imidazole rings is 1. The lowest BCUT2D eigenvalue weighted by Gasteiger charge is -2.44. The van der Waals surface area contributed by atoms with E-state index in [1.807, 2.05) is 12.1 Å². The number of nitrogens with zero attached hydrogens (tertiary/aromatic N) is 2. The Hall–Kier alpha value is -2.99. The Morgan fingerprint density at radius 3 is 2.51 bits per heavy atom. The van der Waals surface area contributed by atoms with Gasteiger partial charge in [-0.2, -0.15) is 5.26 Å². The highest BCUT2D eigenvalue weighted by molar-refractivity contribution is 6.03. The maximum atomic E-state index is 13.1. The number of unbranched alkanes of at least 4 members (excludes halogenated alkanes) is 2. The van der Waals surface area contributed by atoms with Crippen LogP contribution in [-0.4, -0.2) is 54.5 Å². The van der Waals surface area contributed by atoms with E-state index < -0.39 is 0 Å². The minimum atomic E-state index is -0.363. The molecule has 0 aliphatic carbocycles. The molecule has 2 aliphatic rings. The summed E-state index contributed by atoms with van der Waals surface area (Å²) in [4.78, 5) is 20.0. The van der Waals surface area contributed by atoms with Crippen molar-refractivity contribution in [3.8, 4) is 6.07 Å². The summed E-state index contributed by atoms with van der Waals surface area (Å²) in [6.07, 6.45) is 12.6. The van der Waals surface area contributed by atoms with E-state index in [0.717, 1.165) is 69.0 Å². The number of ether oxygens (including phenoxy) is 3. The number of fused-ring (bicyclic) bond motifs is 2. The number of nitriles is 1. The van der Waals surface area contributed by atoms with Crippen LogP contribution in [0.15, 0.2) is 30.5 Å². The molecule has 3 heterocycles. The first-order valence-electron chi connectivity index (χ1n) is 14.2. The predicted molar refractivity (Wildman–Crippen MR) is 152 cm³/mol. The molecule has 8 heteroatoms. The van der Waals surface area contributed by atoms with E-state index in [9.17, 15) is 4.79 Å². The molecule has 2 N–H and O–H groups in total. The molecule has 0 unspecified atom stereocenters. The van der Waals surface area contributed by atoms with E-state index in [1.54, 1.807) is 14.2 Å². The Bertz CT molecular complexity index is 1190. The van der Waals surface area contributed by atoms with Gasteiger partial charge in [-0.1, -0.05) is 38.8 Å². The molecular weight excluding hydrogens is 492 g/mol. The molecule has 1 amide bonds. The fourth-order valence-electron chi connectivity index (χ4n) is 6.26. The Morgan fingerprint density at radius 1 is 1.21 bits per heavy atom. The van der Waals surface area contributed by atoms with Gasteiger partial charge < -0.3 is 24.5 Å². The van der Waals surface area contributed by atoms with E-state index in [-0.39, 0.29) is 34.5 Å². The van der Waals surface area contributed by atoms with Crippen LogP contribution in [0.4, 0.5) is 5.69 Å². The number of rotatable bonds is 13. The summed E-state index contributed by atoms with van der Waals surface area (Å²) in [6, 6.07) is 8.39. The number of methoxy groups -OCH3 is 2. The van der Waals surface area contributed by atoms with Crippen LogP contribution in [0.3, 0.4) is 0 Å². The molecule has 0 spiro atoms. The average molecular weight is 535 g/mol. The van der Waals surface area contributed by atoms with Gasteiger partial charge in [0.15, 0.2) is 11.5 Å². The van der Waals surface area contributed by atoms with Crippen molar-refractivity contribution in [1.29, 1.82) is 5.26 Å². The lowest BCUT2D eigenvalue weighted by Crippen LogP contribution is -2.48. The van der Waals surface area contributed by atoms with Crippen LogP contribution in [-0.2, 0) is 14.2 Å². The number of hydrogen-bond donors (Lipinski definition) is 2. The summed E-state index contributed by atoms with van der Waals surface area (Å²) in [6.45, 7) is 5.52. The summed E-state index contributed by atoms with van der Waals surface area (Å²) in [5, 5.41) is 12.2. The topological polar surface area (TPSA) is 109 Å². The number of nitrogens with one attached hydrogen (secondary N) is 2. The van der Waals surface area contributed by atoms with Crippen LogP contribution in [0, 0.1) is 11.3 Å². The van der Waals surface area contributed by atoms with Crippen LogP contribution in [0.25, 0.3) is 5.57 Å². The average Bonchev–Trinajstić information content (AvgIpc) is 3.52. The zero-order chi connectivity index (χ0) is 27.9. The number of carbonyl (C=O) groups is 1. The van der Waals surface area contributed by atoms with Gasteiger partial charge in [0.25, 0.3) is 5.91 Å². The predicted octanol–water partition coefficient (Wildman–Crippen LogP) is 6.37. The van der Waals surface area contributed by atoms with Gasteiger partial charge >= 0.3 is 0 Å². The molecule has 2 saturated heterocycles. The van der Waals surface area contributed by atoms with Crippen molar-refractivity contribution in [2.24, 2.45) is 0 Å². The second-order valence-electron chi connectivity index (χ2n) is 11.1. The molecule has 1 aromatic heterocycles. The molecule has 0 radical (unpaired) electrons. The van der Waals surface area contributed by atoms with Gasteiger partial charge in [0.05, 0.1) is 24.4 Å². The standard InChI is InChI=1S/C31H42N4O4/c1-5-7-9-22(10-8-6-2)26-15-23(11-12-27(26)35-29(36)28-33-19-25(18-32)34-28)24-16-30(20-37-3)13-14-31(17-24,39-30)21-38-4/h9,11-12,15,19,24H,5-8,10,13-14,16-17,20-21H2,1-4H3,(H,33,34)(H,35,36)/b22-9+/t24-,30+,31-. The van der Waals surface area contributed by atoms with Crippen LogP contribution < -0.4 is 5.32 Å². The number of H-pyrrole nitrogens is 1. The third-order valence-electron chi connectivity index (χ3n) is 8.02. The van der Waals surface area contributed by atoms with E-state index in [0.29, 0.717) is 13.2 Å². The second-order valence-corrected chi connectivity index (χ2v) is 11.1. The second kappa shape index (κ2) is 12.9. The largest absolute Gasteiger partial charge is 0.382 e. The first-order chi connectivity index (χ1) is 18.9. The highest BCUT2D eigenvalue weighted by Gasteiger charge is 2.55. The summed E-state index contributed by atoms with van der Waals surface area (Å²) in [7, 11) is 3.48. The molecule has 8 nitrogen and oxygen atoms in total. The first kappa shape index (κ1) is 29.0. The lowest BCUT2D eigenvalue weighted by molar-refractivity contribution is -0.184. The monoisotopic (exact) mass is 534 g/mol. The number of allylic oxidation sites excluding steroid dienone is 2. The minimum absolute atomic E-state index is 0.123. The maximum Gasteiger partial charge on any atom is 0.291 e. The SMILES string of the molecule is CCC/C=C(\CCCC)c1cc([C@H]2C[C@@]3(COC)CC[C@@](COC)(C2)O3)ccc1NC(=O)c1nc(C#N)c[nH]1. The molecule has 4 rings (SSSR count). The van der Waals surface area contributed by atoms with Gasteiger partial charge in [0, 0.05) is 31.7 Å². The summed E-state index contributed by atoms with van der Waals surface area (Å²) in [5.41, 5.74) is 3.89. The maximum absolute atomic E-state index is 13.1. The van der Waals surface area contributed by atoms with Crippen molar-refractivity contribution >= 4 is 17.2 Å². The molecule has 2 aromatic rings. The van der Waals surface area contributed by atoms with Crippen molar-refractivity contribution < 1.29 is 19.0 Å². The molecule has 2 aliphatic heterocycles. The van der Waals surface area contributed by atoms with E-state index in [2.05, 4.69) is 47.3 Å². The quantitative estimate of drug-likeness (QED) is 0.309. The molecule has 0 saturated carbocycles. The molecule has 39 heavy (non-hydrogen) atoms. The fourth-order valence-corrected chi connectivity index (χ4v) is 6.26. The van der Waals surface area contributed by atoms with E-state index >= 15 is 0 Å². The Kier molecular flexibility index (Phi) is 9.60. The van der Waals surface area contributed by atoms with Gasteiger partial charge in [-0.05, 0) is 74.1 Å². The third-order valence-corrected chi connectivity index (χ3v) is 8.02. The number of carbonyl (C=O) groups excluding carboxylic acids is 1. The highest BCUT2D eigenvalue weighted by Crippen LogP contribution is 2.54. The van der Waals surface area contributed by atoms with Crippen LogP contribution in [0.1, 0.15) is 105 Å². The summed E-state index contributed by atoms with van der Waals surface area (Å²) in [5.74, 6) is 0.0493. The molecule has 1 aromatic carbocycles. The fraction of sp³-hybridized carbons (Fsp3) is 0.581. The smallest absolute Gasteiger partial charge is 0.291 e. The van der Waals surface area contributed by atoms with Crippen LogP contribution in [0.5, 0.6) is 0 Å². The third kappa shape index (κ3) is 6.60. The van der Waals surface area contributed by atoms with Crippen LogP contribution >= 0.6 is 0 Å². The number of aromatic nitrogens is 2. The molecule has 2 fully saturated rings. The van der Waals surface area contributed by atoms with E-state index in [4.69, 9.17) is 19.5 Å². The van der Waals surface area contributed by atoms with Crippen molar-refractivity contribution in [3.63, 3.8) is 0 Å². The first-order valence-corrected chi connectivity index (χ1v) is 14.2. The lowest BCUT2D eigenvalue weighted by atomic mass is 9.79.